The molecule has 2 fully saturated rings. The number of halogens is 1. The number of benzene rings is 2. The van der Waals surface area contributed by atoms with Crippen molar-refractivity contribution in [2.24, 2.45) is 5.92 Å². The summed E-state index contributed by atoms with van der Waals surface area (Å²) in [7, 11) is 0. The molecule has 2 N–H and O–H groups in total. The lowest BCUT2D eigenvalue weighted by molar-refractivity contribution is -0.121. The van der Waals surface area contributed by atoms with Gasteiger partial charge in [-0.1, -0.05) is 30.3 Å². The lowest BCUT2D eigenvalue weighted by Crippen LogP contribution is -2.38. The van der Waals surface area contributed by atoms with Crippen molar-refractivity contribution in [2.75, 3.05) is 31.6 Å². The molecule has 0 spiro atoms. The van der Waals surface area contributed by atoms with Crippen LogP contribution in [0.15, 0.2) is 48.5 Å². The van der Waals surface area contributed by atoms with E-state index in [9.17, 15) is 14.0 Å². The fourth-order valence-corrected chi connectivity index (χ4v) is 4.35. The molecule has 2 aliphatic rings. The standard InChI is InChI=1S/C25H30FN3O3/c26-22-9-3-1-6-19(22)17-29-13-11-18(12-14-29)24(30)28-23-10-4-2-8-21(23)25(31)27-16-20-7-5-15-32-20/h1-4,6,8-10,18,20H,5,7,11-17H2,(H,27,31)(H,28,30)/t20-/m0/s1. The summed E-state index contributed by atoms with van der Waals surface area (Å²) in [6, 6.07) is 13.9. The maximum atomic E-state index is 13.9. The number of para-hydroxylation sites is 1. The van der Waals surface area contributed by atoms with Gasteiger partial charge in [-0.25, -0.2) is 4.39 Å². The molecule has 0 aromatic heterocycles. The summed E-state index contributed by atoms with van der Waals surface area (Å²) in [5.41, 5.74) is 1.66. The van der Waals surface area contributed by atoms with Gasteiger partial charge in [0.1, 0.15) is 5.82 Å². The third kappa shape index (κ3) is 5.72. The van der Waals surface area contributed by atoms with Gasteiger partial charge in [-0.2, -0.15) is 0 Å². The van der Waals surface area contributed by atoms with E-state index in [1.807, 2.05) is 12.1 Å². The molecule has 170 valence electrons. The maximum absolute atomic E-state index is 13.9. The lowest BCUT2D eigenvalue weighted by Gasteiger charge is -2.31. The van der Waals surface area contributed by atoms with Crippen molar-refractivity contribution in [3.05, 3.63) is 65.5 Å². The van der Waals surface area contributed by atoms with E-state index >= 15 is 0 Å². The normalized spacial score (nSPS) is 19.6. The third-order valence-corrected chi connectivity index (χ3v) is 6.25. The second-order valence-corrected chi connectivity index (χ2v) is 8.52. The Morgan fingerprint density at radius 2 is 1.78 bits per heavy atom. The predicted molar refractivity (Wildman–Crippen MR) is 121 cm³/mol. The SMILES string of the molecule is O=C(NC[C@@H]1CCCO1)c1ccccc1NC(=O)C1CCN(Cc2ccccc2F)CC1. The van der Waals surface area contributed by atoms with Gasteiger partial charge in [0.05, 0.1) is 17.4 Å². The largest absolute Gasteiger partial charge is 0.376 e. The number of ether oxygens (including phenoxy) is 1. The first-order valence-corrected chi connectivity index (χ1v) is 11.4. The number of piperidine rings is 1. The molecule has 0 unspecified atom stereocenters. The number of rotatable bonds is 7. The summed E-state index contributed by atoms with van der Waals surface area (Å²) in [6.07, 6.45) is 3.44. The fourth-order valence-electron chi connectivity index (χ4n) is 4.35. The minimum atomic E-state index is -0.212. The average Bonchev–Trinajstić information content (AvgIpc) is 3.33. The van der Waals surface area contributed by atoms with Crippen LogP contribution >= 0.6 is 0 Å². The molecule has 2 aromatic rings. The zero-order chi connectivity index (χ0) is 22.3. The van der Waals surface area contributed by atoms with Crippen molar-refractivity contribution in [3.63, 3.8) is 0 Å². The maximum Gasteiger partial charge on any atom is 0.253 e. The van der Waals surface area contributed by atoms with E-state index in [1.165, 1.54) is 6.07 Å². The van der Waals surface area contributed by atoms with Crippen LogP contribution in [0.1, 0.15) is 41.6 Å². The van der Waals surface area contributed by atoms with Crippen LogP contribution in [-0.4, -0.2) is 49.1 Å². The van der Waals surface area contributed by atoms with Crippen molar-refractivity contribution < 1.29 is 18.7 Å². The summed E-state index contributed by atoms with van der Waals surface area (Å²) in [4.78, 5) is 27.7. The Balaban J connectivity index is 1.29. The molecule has 1 atom stereocenters. The molecule has 2 heterocycles. The van der Waals surface area contributed by atoms with Gasteiger partial charge in [0.15, 0.2) is 0 Å². The van der Waals surface area contributed by atoms with E-state index in [-0.39, 0.29) is 29.7 Å². The number of likely N-dealkylation sites (tertiary alicyclic amines) is 1. The highest BCUT2D eigenvalue weighted by Gasteiger charge is 2.26. The minimum absolute atomic E-state index is 0.0650. The third-order valence-electron chi connectivity index (χ3n) is 6.25. The number of hydrogen-bond acceptors (Lipinski definition) is 4. The molecular formula is C25H30FN3O3. The van der Waals surface area contributed by atoms with Crippen LogP contribution in [0.3, 0.4) is 0 Å². The Labute approximate surface area is 188 Å². The number of anilines is 1. The van der Waals surface area contributed by atoms with Crippen LogP contribution in [0, 0.1) is 11.7 Å². The van der Waals surface area contributed by atoms with Crippen molar-refractivity contribution >= 4 is 17.5 Å². The zero-order valence-corrected chi connectivity index (χ0v) is 18.2. The smallest absolute Gasteiger partial charge is 0.253 e. The minimum Gasteiger partial charge on any atom is -0.376 e. The van der Waals surface area contributed by atoms with E-state index in [1.54, 1.807) is 30.3 Å². The Hall–Kier alpha value is -2.77. The van der Waals surface area contributed by atoms with Gasteiger partial charge >= 0.3 is 0 Å². The van der Waals surface area contributed by atoms with E-state index in [4.69, 9.17) is 4.74 Å². The van der Waals surface area contributed by atoms with E-state index in [0.717, 1.165) is 32.5 Å². The highest BCUT2D eigenvalue weighted by Crippen LogP contribution is 2.23. The molecule has 2 amide bonds. The Bertz CT molecular complexity index is 938. The predicted octanol–water partition coefficient (Wildman–Crippen LogP) is 3.59. The van der Waals surface area contributed by atoms with Crippen molar-refractivity contribution in [1.82, 2.24) is 10.2 Å². The summed E-state index contributed by atoms with van der Waals surface area (Å²) >= 11 is 0. The van der Waals surface area contributed by atoms with E-state index in [0.29, 0.717) is 42.7 Å². The number of amides is 2. The number of carbonyl (C=O) groups excluding carboxylic acids is 2. The molecule has 2 aliphatic heterocycles. The second-order valence-electron chi connectivity index (χ2n) is 8.52. The molecule has 0 saturated carbocycles. The van der Waals surface area contributed by atoms with Gasteiger partial charge in [-0.15, -0.1) is 0 Å². The van der Waals surface area contributed by atoms with Crippen LogP contribution in [0.4, 0.5) is 10.1 Å². The lowest BCUT2D eigenvalue weighted by atomic mass is 9.95. The van der Waals surface area contributed by atoms with Gasteiger partial charge in [-0.05, 0) is 57.0 Å². The van der Waals surface area contributed by atoms with Gasteiger partial charge in [-0.3, -0.25) is 14.5 Å². The van der Waals surface area contributed by atoms with Gasteiger partial charge in [0.2, 0.25) is 5.91 Å². The second kappa shape index (κ2) is 10.7. The van der Waals surface area contributed by atoms with Crippen LogP contribution in [0.5, 0.6) is 0 Å². The molecule has 32 heavy (non-hydrogen) atoms. The van der Waals surface area contributed by atoms with Crippen LogP contribution in [0.2, 0.25) is 0 Å². The van der Waals surface area contributed by atoms with Crippen LogP contribution in [-0.2, 0) is 16.1 Å². The van der Waals surface area contributed by atoms with E-state index in [2.05, 4.69) is 15.5 Å². The quantitative estimate of drug-likeness (QED) is 0.692. The number of hydrogen-bond donors (Lipinski definition) is 2. The topological polar surface area (TPSA) is 70.7 Å². The Morgan fingerprint density at radius 3 is 2.53 bits per heavy atom. The molecule has 4 rings (SSSR count). The molecule has 0 aliphatic carbocycles. The molecule has 2 aromatic carbocycles. The highest BCUT2D eigenvalue weighted by atomic mass is 19.1. The van der Waals surface area contributed by atoms with Gasteiger partial charge < -0.3 is 15.4 Å². The van der Waals surface area contributed by atoms with Crippen LogP contribution < -0.4 is 10.6 Å². The molecular weight excluding hydrogens is 409 g/mol. The van der Waals surface area contributed by atoms with Gasteiger partial charge in [0, 0.05) is 31.2 Å². The Morgan fingerprint density at radius 1 is 1.03 bits per heavy atom. The summed E-state index contributed by atoms with van der Waals surface area (Å²) in [5, 5.41) is 5.87. The number of nitrogens with zero attached hydrogens (tertiary/aromatic N) is 1. The van der Waals surface area contributed by atoms with E-state index < -0.39 is 0 Å². The number of nitrogens with one attached hydrogen (secondary N) is 2. The highest BCUT2D eigenvalue weighted by molar-refractivity contribution is 6.04. The first kappa shape index (κ1) is 22.4. The van der Waals surface area contributed by atoms with Gasteiger partial charge in [0.25, 0.3) is 5.91 Å². The molecule has 0 radical (unpaired) electrons. The molecule has 2 saturated heterocycles. The fraction of sp³-hybridized carbons (Fsp3) is 0.440. The molecule has 7 heteroatoms. The first-order chi connectivity index (χ1) is 15.6. The van der Waals surface area contributed by atoms with Crippen molar-refractivity contribution in [1.29, 1.82) is 0 Å². The number of carbonyl (C=O) groups is 2. The average molecular weight is 440 g/mol. The summed E-state index contributed by atoms with van der Waals surface area (Å²) < 4.78 is 19.5. The van der Waals surface area contributed by atoms with Crippen LogP contribution in [0.25, 0.3) is 0 Å². The molecule has 6 nitrogen and oxygen atoms in total. The zero-order valence-electron chi connectivity index (χ0n) is 18.2. The monoisotopic (exact) mass is 439 g/mol. The Kier molecular flexibility index (Phi) is 7.50. The summed E-state index contributed by atoms with van der Waals surface area (Å²) in [5.74, 6) is -0.609. The first-order valence-electron chi connectivity index (χ1n) is 11.4. The van der Waals surface area contributed by atoms with Crippen molar-refractivity contribution in [2.45, 2.75) is 38.3 Å². The summed E-state index contributed by atoms with van der Waals surface area (Å²) in [6.45, 7) is 3.23. The molecule has 0 bridgehead atoms. The van der Waals surface area contributed by atoms with Crippen molar-refractivity contribution in [3.8, 4) is 0 Å².